The molecule has 1 aromatic carbocycles. The second-order valence-electron chi connectivity index (χ2n) is 5.75. The first-order valence-corrected chi connectivity index (χ1v) is 8.03. The number of aromatic nitrogens is 2. The summed E-state index contributed by atoms with van der Waals surface area (Å²) in [6, 6.07) is 7.73. The van der Waals surface area contributed by atoms with Crippen molar-refractivity contribution in [1.82, 2.24) is 15.5 Å². The van der Waals surface area contributed by atoms with Crippen molar-refractivity contribution in [2.45, 2.75) is 45.6 Å². The first kappa shape index (κ1) is 16.7. The largest absolute Gasteiger partial charge is 0.343 e. The number of benzene rings is 1. The van der Waals surface area contributed by atoms with Gasteiger partial charge in [0.1, 0.15) is 0 Å². The zero-order chi connectivity index (χ0) is 16.3. The third-order valence-corrected chi connectivity index (χ3v) is 4.06. The quantitative estimate of drug-likeness (QED) is 0.879. The van der Waals surface area contributed by atoms with Gasteiger partial charge in [0.2, 0.25) is 11.8 Å². The average Bonchev–Trinajstić information content (AvgIpc) is 2.96. The Hall–Kier alpha value is -1.69. The second-order valence-corrected chi connectivity index (χ2v) is 6.67. The number of carbonyl (C=O) groups excluding carboxylic acids is 1. The topological polar surface area (TPSA) is 68.0 Å². The summed E-state index contributed by atoms with van der Waals surface area (Å²) in [5.74, 6) is 0.721. The van der Waals surface area contributed by atoms with E-state index in [1.807, 2.05) is 52.0 Å². The molecular formula is C16H20BrN3O2. The van der Waals surface area contributed by atoms with Gasteiger partial charge in [0.15, 0.2) is 5.82 Å². The van der Waals surface area contributed by atoms with Crippen LogP contribution in [0.15, 0.2) is 33.3 Å². The van der Waals surface area contributed by atoms with E-state index in [4.69, 9.17) is 4.52 Å². The predicted octanol–water partition coefficient (Wildman–Crippen LogP) is 3.55. The van der Waals surface area contributed by atoms with Crippen molar-refractivity contribution in [2.24, 2.45) is 0 Å². The van der Waals surface area contributed by atoms with Crippen LogP contribution in [0.25, 0.3) is 0 Å². The van der Waals surface area contributed by atoms with Crippen LogP contribution in [0.1, 0.15) is 50.9 Å². The van der Waals surface area contributed by atoms with Crippen LogP contribution in [0.5, 0.6) is 0 Å². The molecule has 0 saturated heterocycles. The van der Waals surface area contributed by atoms with Crippen molar-refractivity contribution in [3.8, 4) is 0 Å². The summed E-state index contributed by atoms with van der Waals surface area (Å²) in [6.07, 6.45) is 0.673. The molecule has 1 amide bonds. The lowest BCUT2D eigenvalue weighted by Crippen LogP contribution is -2.43. The summed E-state index contributed by atoms with van der Waals surface area (Å²) in [6.45, 7) is 7.55. The van der Waals surface area contributed by atoms with Gasteiger partial charge in [-0.15, -0.1) is 0 Å². The molecule has 118 valence electrons. The van der Waals surface area contributed by atoms with Crippen molar-refractivity contribution in [3.05, 3.63) is 46.0 Å². The summed E-state index contributed by atoms with van der Waals surface area (Å²) in [7, 11) is 0. The number of nitrogens with zero attached hydrogens (tertiary/aromatic N) is 2. The summed E-state index contributed by atoms with van der Waals surface area (Å²) in [5.41, 5.74) is 0.274. The van der Waals surface area contributed by atoms with E-state index in [1.165, 1.54) is 0 Å². The zero-order valence-corrected chi connectivity index (χ0v) is 14.8. The Balaban J connectivity index is 2.10. The van der Waals surface area contributed by atoms with Crippen molar-refractivity contribution in [1.29, 1.82) is 0 Å². The Bertz CT molecular complexity index is 650. The maximum Gasteiger partial charge on any atom is 0.228 e. The lowest BCUT2D eigenvalue weighted by molar-refractivity contribution is -0.124. The highest BCUT2D eigenvalue weighted by molar-refractivity contribution is 9.10. The van der Waals surface area contributed by atoms with Crippen molar-refractivity contribution in [3.63, 3.8) is 0 Å². The molecule has 0 aliphatic rings. The molecular weight excluding hydrogens is 346 g/mol. The Labute approximate surface area is 138 Å². The van der Waals surface area contributed by atoms with Gasteiger partial charge in [0, 0.05) is 10.9 Å². The van der Waals surface area contributed by atoms with Gasteiger partial charge in [-0.05, 0) is 38.5 Å². The molecule has 0 unspecified atom stereocenters. The van der Waals surface area contributed by atoms with Gasteiger partial charge in [-0.1, -0.05) is 40.1 Å². The lowest BCUT2D eigenvalue weighted by Gasteiger charge is -2.24. The van der Waals surface area contributed by atoms with Crippen LogP contribution < -0.4 is 5.32 Å². The van der Waals surface area contributed by atoms with Gasteiger partial charge in [0.25, 0.3) is 0 Å². The standard InChI is InChI=1S/C16H20BrN3O2/c1-5-13-18-15(20-22-13)16(3,4)19-14(21)10(2)11-6-8-12(17)9-7-11/h6-10H,5H2,1-4H3,(H,19,21)/t10-/m1/s1. The molecule has 0 bridgehead atoms. The van der Waals surface area contributed by atoms with Gasteiger partial charge in [-0.2, -0.15) is 4.98 Å². The fourth-order valence-electron chi connectivity index (χ4n) is 2.03. The molecule has 1 aromatic heterocycles. The first-order valence-electron chi connectivity index (χ1n) is 7.24. The highest BCUT2D eigenvalue weighted by Gasteiger charge is 2.30. The fourth-order valence-corrected chi connectivity index (χ4v) is 2.29. The molecule has 0 radical (unpaired) electrons. The highest BCUT2D eigenvalue weighted by Crippen LogP contribution is 2.22. The Morgan fingerprint density at radius 3 is 2.55 bits per heavy atom. The van der Waals surface area contributed by atoms with E-state index in [0.717, 1.165) is 10.0 Å². The maximum atomic E-state index is 12.5. The minimum atomic E-state index is -0.683. The van der Waals surface area contributed by atoms with Gasteiger partial charge in [0.05, 0.1) is 11.5 Å². The molecule has 22 heavy (non-hydrogen) atoms. The van der Waals surface area contributed by atoms with Crippen LogP contribution in [0.4, 0.5) is 0 Å². The lowest BCUT2D eigenvalue weighted by atomic mass is 9.97. The van der Waals surface area contributed by atoms with E-state index in [9.17, 15) is 4.79 Å². The third kappa shape index (κ3) is 3.74. The van der Waals surface area contributed by atoms with E-state index < -0.39 is 5.54 Å². The monoisotopic (exact) mass is 365 g/mol. The number of halogens is 1. The molecule has 6 heteroatoms. The molecule has 0 fully saturated rings. The van der Waals surface area contributed by atoms with Crippen molar-refractivity contribution in [2.75, 3.05) is 0 Å². The predicted molar refractivity (Wildman–Crippen MR) is 87.4 cm³/mol. The van der Waals surface area contributed by atoms with E-state index >= 15 is 0 Å². The van der Waals surface area contributed by atoms with Gasteiger partial charge in [-0.25, -0.2) is 0 Å². The normalized spacial score (nSPS) is 13.0. The Kier molecular flexibility index (Phi) is 5.01. The fraction of sp³-hybridized carbons (Fsp3) is 0.438. The SMILES string of the molecule is CCc1nc(C(C)(C)NC(=O)[C@H](C)c2ccc(Br)cc2)no1. The minimum absolute atomic E-state index is 0.0739. The van der Waals surface area contributed by atoms with Crippen LogP contribution >= 0.6 is 15.9 Å². The second kappa shape index (κ2) is 6.60. The molecule has 5 nitrogen and oxygen atoms in total. The van der Waals surface area contributed by atoms with Crippen molar-refractivity contribution < 1.29 is 9.32 Å². The van der Waals surface area contributed by atoms with Crippen molar-refractivity contribution >= 4 is 21.8 Å². The van der Waals surface area contributed by atoms with Gasteiger partial charge in [-0.3, -0.25) is 4.79 Å². The summed E-state index contributed by atoms with van der Waals surface area (Å²) in [5, 5.41) is 6.94. The molecule has 1 heterocycles. The Morgan fingerprint density at radius 1 is 1.36 bits per heavy atom. The maximum absolute atomic E-state index is 12.5. The number of aryl methyl sites for hydroxylation is 1. The van der Waals surface area contributed by atoms with Crippen LogP contribution in [0.3, 0.4) is 0 Å². The third-order valence-electron chi connectivity index (χ3n) is 3.53. The summed E-state index contributed by atoms with van der Waals surface area (Å²) < 4.78 is 6.11. The van der Waals surface area contributed by atoms with E-state index in [1.54, 1.807) is 0 Å². The molecule has 2 aromatic rings. The molecule has 2 rings (SSSR count). The number of hydrogen-bond acceptors (Lipinski definition) is 4. The van der Waals surface area contributed by atoms with Gasteiger partial charge < -0.3 is 9.84 Å². The van der Waals surface area contributed by atoms with Crippen LogP contribution in [-0.4, -0.2) is 16.0 Å². The average molecular weight is 366 g/mol. The van der Waals surface area contributed by atoms with E-state index in [-0.39, 0.29) is 11.8 Å². The molecule has 1 atom stereocenters. The van der Waals surface area contributed by atoms with E-state index in [0.29, 0.717) is 18.1 Å². The van der Waals surface area contributed by atoms with Crippen LogP contribution in [0.2, 0.25) is 0 Å². The van der Waals surface area contributed by atoms with Crippen LogP contribution in [-0.2, 0) is 16.8 Å². The smallest absolute Gasteiger partial charge is 0.228 e. The zero-order valence-electron chi connectivity index (χ0n) is 13.2. The number of hydrogen-bond donors (Lipinski definition) is 1. The molecule has 0 aliphatic carbocycles. The number of amides is 1. The molecule has 0 aliphatic heterocycles. The number of carbonyl (C=O) groups is 1. The molecule has 1 N–H and O–H groups in total. The number of rotatable bonds is 5. The summed E-state index contributed by atoms with van der Waals surface area (Å²) in [4.78, 5) is 16.8. The van der Waals surface area contributed by atoms with Gasteiger partial charge >= 0.3 is 0 Å². The first-order chi connectivity index (χ1) is 10.3. The Morgan fingerprint density at radius 2 is 2.00 bits per heavy atom. The minimum Gasteiger partial charge on any atom is -0.343 e. The number of nitrogens with one attached hydrogen (secondary N) is 1. The summed E-state index contributed by atoms with van der Waals surface area (Å²) >= 11 is 3.39. The molecule has 0 spiro atoms. The van der Waals surface area contributed by atoms with Crippen LogP contribution in [0, 0.1) is 0 Å². The van der Waals surface area contributed by atoms with E-state index in [2.05, 4.69) is 31.4 Å². The molecule has 0 saturated carbocycles. The highest BCUT2D eigenvalue weighted by atomic mass is 79.9.